The topological polar surface area (TPSA) is 92.6 Å². The first kappa shape index (κ1) is 24.3. The van der Waals surface area contributed by atoms with Crippen LogP contribution in [0, 0.1) is 11.7 Å². The van der Waals surface area contributed by atoms with E-state index in [1.807, 2.05) is 6.92 Å². The molecule has 0 saturated carbocycles. The number of carbonyl (C=O) groups excluding carboxylic acids is 1. The van der Waals surface area contributed by atoms with Crippen LogP contribution in [0.2, 0.25) is 0 Å². The maximum absolute atomic E-state index is 14.4. The highest BCUT2D eigenvalue weighted by atomic mass is 19.1. The van der Waals surface area contributed by atoms with Gasteiger partial charge in [-0.3, -0.25) is 4.79 Å². The zero-order valence-corrected chi connectivity index (χ0v) is 19.6. The second-order valence-corrected chi connectivity index (χ2v) is 9.23. The Morgan fingerprint density at radius 2 is 1.89 bits per heavy atom. The Morgan fingerprint density at radius 1 is 1.17 bits per heavy atom. The summed E-state index contributed by atoms with van der Waals surface area (Å²) in [4.78, 5) is 25.3. The van der Waals surface area contributed by atoms with E-state index in [2.05, 4.69) is 10.2 Å². The third-order valence-electron chi connectivity index (χ3n) is 5.80. The molecule has 0 radical (unpaired) electrons. The number of carbonyl (C=O) groups is 2. The van der Waals surface area contributed by atoms with E-state index < -0.39 is 23.0 Å². The van der Waals surface area contributed by atoms with Gasteiger partial charge in [0.2, 0.25) is 5.91 Å². The van der Waals surface area contributed by atoms with Crippen LogP contribution in [-0.4, -0.2) is 38.6 Å². The molecule has 0 spiro atoms. The van der Waals surface area contributed by atoms with Crippen LogP contribution in [0.5, 0.6) is 11.5 Å². The Bertz CT molecular complexity index is 1260. The first-order valence-corrected chi connectivity index (χ1v) is 11.2. The zero-order valence-electron chi connectivity index (χ0n) is 19.6. The van der Waals surface area contributed by atoms with E-state index in [4.69, 9.17) is 4.74 Å². The quantitative estimate of drug-likeness (QED) is 0.489. The first-order valence-electron chi connectivity index (χ1n) is 11.2. The van der Waals surface area contributed by atoms with Gasteiger partial charge in [-0.05, 0) is 68.3 Å². The number of nitrogens with zero attached hydrogens (tertiary/aromatic N) is 3. The second kappa shape index (κ2) is 9.40. The van der Waals surface area contributed by atoms with Crippen LogP contribution < -0.4 is 4.74 Å². The fraction of sp³-hybridized carbons (Fsp3) is 0.308. The Labute approximate surface area is 201 Å². The first-order chi connectivity index (χ1) is 16.5. The molecule has 1 saturated heterocycles. The molecule has 2 heterocycles. The van der Waals surface area contributed by atoms with Gasteiger partial charge in [-0.1, -0.05) is 6.92 Å². The van der Waals surface area contributed by atoms with E-state index in [0.29, 0.717) is 30.0 Å². The van der Waals surface area contributed by atoms with Crippen molar-refractivity contribution >= 4 is 11.9 Å². The molecule has 2 aromatic carbocycles. The lowest BCUT2D eigenvalue weighted by atomic mass is 10.1. The highest BCUT2D eigenvalue weighted by Gasteiger charge is 2.28. The molecule has 1 amide bonds. The molecule has 1 fully saturated rings. The Balaban J connectivity index is 1.59. The minimum absolute atomic E-state index is 0.0428. The Kier molecular flexibility index (Phi) is 6.51. The van der Waals surface area contributed by atoms with E-state index in [1.54, 1.807) is 41.3 Å². The number of halogens is 2. The summed E-state index contributed by atoms with van der Waals surface area (Å²) in [5.74, 6) is -1.63. The van der Waals surface area contributed by atoms with Gasteiger partial charge in [-0.25, -0.2) is 13.6 Å². The van der Waals surface area contributed by atoms with Crippen LogP contribution in [0.1, 0.15) is 48.8 Å². The van der Waals surface area contributed by atoms with Gasteiger partial charge >= 0.3 is 5.97 Å². The molecule has 1 N–H and O–H groups in total. The lowest BCUT2D eigenvalue weighted by molar-refractivity contribution is -0.128. The maximum atomic E-state index is 14.4. The van der Waals surface area contributed by atoms with E-state index in [0.717, 1.165) is 17.7 Å². The van der Waals surface area contributed by atoms with E-state index in [-0.39, 0.29) is 29.8 Å². The monoisotopic (exact) mass is 481 g/mol. The number of hydrogen-bond acceptors (Lipinski definition) is 5. The maximum Gasteiger partial charge on any atom is 0.338 e. The zero-order chi connectivity index (χ0) is 25.3. The van der Waals surface area contributed by atoms with Crippen LogP contribution in [0.25, 0.3) is 11.3 Å². The summed E-state index contributed by atoms with van der Waals surface area (Å²) >= 11 is 0. The summed E-state index contributed by atoms with van der Waals surface area (Å²) in [5.41, 5.74) is -0.257. The lowest BCUT2D eigenvalue weighted by Gasteiger charge is -2.19. The number of benzene rings is 2. The minimum atomic E-state index is -1.59. The normalized spacial score (nSPS) is 16.0. The molecular formula is C26H25F2N3O4. The fourth-order valence-electron chi connectivity index (χ4n) is 3.93. The number of likely N-dealkylation sites (tertiary alicyclic amines) is 1. The van der Waals surface area contributed by atoms with E-state index >= 15 is 0 Å². The lowest BCUT2D eigenvalue weighted by Crippen LogP contribution is -2.25. The third kappa shape index (κ3) is 5.45. The Hall–Kier alpha value is -3.88. The molecule has 0 aliphatic carbocycles. The molecule has 1 aromatic heterocycles. The Morgan fingerprint density at radius 3 is 2.43 bits per heavy atom. The number of carboxylic acids is 1. The summed E-state index contributed by atoms with van der Waals surface area (Å²) in [7, 11) is 0. The smallest absolute Gasteiger partial charge is 0.338 e. The highest BCUT2D eigenvalue weighted by molar-refractivity contribution is 5.88. The minimum Gasteiger partial charge on any atom is -0.478 e. The summed E-state index contributed by atoms with van der Waals surface area (Å²) < 4.78 is 34.4. The third-order valence-corrected chi connectivity index (χ3v) is 5.80. The summed E-state index contributed by atoms with van der Waals surface area (Å²) in [6.07, 6.45) is 0.417. The van der Waals surface area contributed by atoms with Crippen LogP contribution in [0.3, 0.4) is 0 Å². The molecule has 182 valence electrons. The molecule has 3 aromatic rings. The summed E-state index contributed by atoms with van der Waals surface area (Å²) in [5, 5.41) is 17.4. The van der Waals surface area contributed by atoms with Crippen molar-refractivity contribution < 1.29 is 28.2 Å². The average Bonchev–Trinajstić information content (AvgIpc) is 3.11. The molecular weight excluding hydrogens is 456 g/mol. The van der Waals surface area contributed by atoms with Gasteiger partial charge in [0.25, 0.3) is 0 Å². The van der Waals surface area contributed by atoms with Gasteiger partial charge in [-0.15, -0.1) is 0 Å². The van der Waals surface area contributed by atoms with Crippen LogP contribution in [0.4, 0.5) is 8.78 Å². The van der Waals surface area contributed by atoms with E-state index in [9.17, 15) is 23.5 Å². The van der Waals surface area contributed by atoms with Crippen molar-refractivity contribution in [2.45, 2.75) is 39.4 Å². The number of hydrogen-bond donors (Lipinski definition) is 1. The number of aromatic nitrogens is 2. The van der Waals surface area contributed by atoms with Crippen LogP contribution >= 0.6 is 0 Å². The van der Waals surface area contributed by atoms with Crippen molar-refractivity contribution in [2.75, 3.05) is 6.54 Å². The van der Waals surface area contributed by atoms with Crippen LogP contribution in [-0.2, 0) is 17.0 Å². The van der Waals surface area contributed by atoms with Crippen molar-refractivity contribution in [3.05, 3.63) is 71.2 Å². The SMILES string of the molecule is CC1CC(=O)N(Cc2cc(F)c(C(=O)O)cc2Oc2ccc(-c3ccc(C(C)(C)F)nn3)cc2)C1. The number of ether oxygens (including phenoxy) is 1. The largest absolute Gasteiger partial charge is 0.478 e. The van der Waals surface area contributed by atoms with Crippen molar-refractivity contribution in [3.8, 4) is 22.8 Å². The molecule has 1 aliphatic heterocycles. The molecule has 4 rings (SSSR count). The van der Waals surface area contributed by atoms with Gasteiger partial charge in [0.15, 0.2) is 0 Å². The fourth-order valence-corrected chi connectivity index (χ4v) is 3.93. The summed E-state index contributed by atoms with van der Waals surface area (Å²) in [6, 6.07) is 12.2. The number of carboxylic acid groups (broad SMARTS) is 1. The predicted molar refractivity (Wildman–Crippen MR) is 124 cm³/mol. The highest BCUT2D eigenvalue weighted by Crippen LogP contribution is 2.32. The molecule has 1 atom stereocenters. The molecule has 1 aliphatic rings. The van der Waals surface area contributed by atoms with Gasteiger partial charge in [0, 0.05) is 30.6 Å². The molecule has 7 nitrogen and oxygen atoms in total. The molecule has 35 heavy (non-hydrogen) atoms. The van der Waals surface area contributed by atoms with Gasteiger partial charge in [0.05, 0.1) is 17.0 Å². The van der Waals surface area contributed by atoms with Crippen LogP contribution in [0.15, 0.2) is 48.5 Å². The van der Waals surface area contributed by atoms with Gasteiger partial charge in [-0.2, -0.15) is 10.2 Å². The number of amides is 1. The predicted octanol–water partition coefficient (Wildman–Crippen LogP) is 5.35. The van der Waals surface area contributed by atoms with Crippen molar-refractivity contribution in [1.29, 1.82) is 0 Å². The number of aromatic carboxylic acids is 1. The second-order valence-electron chi connectivity index (χ2n) is 9.23. The van der Waals surface area contributed by atoms with E-state index in [1.165, 1.54) is 13.8 Å². The molecule has 1 unspecified atom stereocenters. The van der Waals surface area contributed by atoms with Gasteiger partial charge in [0.1, 0.15) is 23.0 Å². The van der Waals surface area contributed by atoms with Crippen molar-refractivity contribution in [1.82, 2.24) is 15.1 Å². The number of rotatable bonds is 7. The standard InChI is InChI=1S/C26H25F2N3O4/c1-15-10-24(32)31(13-15)14-17-11-20(27)19(25(33)34)12-22(17)35-18-6-4-16(5-7-18)21-8-9-23(30-29-21)26(2,3)28/h4-9,11-12,15H,10,13-14H2,1-3H3,(H,33,34). The van der Waals surface area contributed by atoms with Crippen molar-refractivity contribution in [2.24, 2.45) is 5.92 Å². The molecule has 0 bridgehead atoms. The summed E-state index contributed by atoms with van der Waals surface area (Å²) in [6.45, 7) is 5.42. The van der Waals surface area contributed by atoms with Crippen molar-refractivity contribution in [3.63, 3.8) is 0 Å². The number of alkyl halides is 1. The van der Waals surface area contributed by atoms with Gasteiger partial charge < -0.3 is 14.7 Å². The average molecular weight is 481 g/mol. The molecule has 9 heteroatoms.